The third kappa shape index (κ3) is 4.95. The predicted molar refractivity (Wildman–Crippen MR) is 90.8 cm³/mol. The van der Waals surface area contributed by atoms with Crippen LogP contribution in [0.2, 0.25) is 0 Å². The van der Waals surface area contributed by atoms with Crippen molar-refractivity contribution in [3.8, 4) is 5.75 Å². The van der Waals surface area contributed by atoms with Gasteiger partial charge in [0.2, 0.25) is 11.8 Å². The van der Waals surface area contributed by atoms with Gasteiger partial charge in [-0.2, -0.15) is 0 Å². The Balaban J connectivity index is 1.94. The lowest BCUT2D eigenvalue weighted by atomic mass is 10.2. The number of sulfone groups is 1. The molecule has 0 radical (unpaired) electrons. The predicted octanol–water partition coefficient (Wildman–Crippen LogP) is 0.741. The lowest BCUT2D eigenvalue weighted by Crippen LogP contribution is -2.38. The van der Waals surface area contributed by atoms with Gasteiger partial charge in [0.15, 0.2) is 9.84 Å². The second kappa shape index (κ2) is 7.65. The van der Waals surface area contributed by atoms with Crippen molar-refractivity contribution in [2.45, 2.75) is 25.8 Å². The highest BCUT2D eigenvalue weighted by atomic mass is 32.2. The quantitative estimate of drug-likeness (QED) is 0.813. The molecular formula is C16H22N2O5S. The summed E-state index contributed by atoms with van der Waals surface area (Å²) in [5, 5.41) is 2.72. The van der Waals surface area contributed by atoms with E-state index < -0.39 is 9.84 Å². The van der Waals surface area contributed by atoms with Crippen LogP contribution in [0.1, 0.15) is 19.8 Å². The molecule has 132 valence electrons. The van der Waals surface area contributed by atoms with Gasteiger partial charge in [-0.3, -0.25) is 9.59 Å². The first-order valence-corrected chi connectivity index (χ1v) is 9.55. The molecule has 0 aromatic heterocycles. The molecule has 8 heteroatoms. The standard InChI is InChI=1S/C16H22N2O5S/c1-12(19)18(14-4-3-5-15(10-14)23-2)8-6-16(20)17-13-7-9-24(21,22)11-13/h3-5,10,13H,6-9,11H2,1-2H3,(H,17,20). The zero-order valence-electron chi connectivity index (χ0n) is 13.8. The zero-order chi connectivity index (χ0) is 17.7. The minimum Gasteiger partial charge on any atom is -0.497 e. The Morgan fingerprint density at radius 2 is 2.12 bits per heavy atom. The van der Waals surface area contributed by atoms with Crippen molar-refractivity contribution in [3.05, 3.63) is 24.3 Å². The normalized spacial score (nSPS) is 18.8. The van der Waals surface area contributed by atoms with Gasteiger partial charge in [-0.25, -0.2) is 8.42 Å². The third-order valence-corrected chi connectivity index (χ3v) is 5.67. The van der Waals surface area contributed by atoms with Gasteiger partial charge in [0.05, 0.1) is 18.6 Å². The number of ether oxygens (including phenoxy) is 1. The molecule has 1 aliphatic heterocycles. The number of anilines is 1. The van der Waals surface area contributed by atoms with Crippen molar-refractivity contribution >= 4 is 27.3 Å². The van der Waals surface area contributed by atoms with Gasteiger partial charge in [-0.1, -0.05) is 6.07 Å². The summed E-state index contributed by atoms with van der Waals surface area (Å²) >= 11 is 0. The molecule has 1 aliphatic rings. The molecular weight excluding hydrogens is 332 g/mol. The second-order valence-corrected chi connectivity index (χ2v) is 8.02. The van der Waals surface area contributed by atoms with E-state index in [1.54, 1.807) is 31.4 Å². The fourth-order valence-corrected chi connectivity index (χ4v) is 4.34. The average molecular weight is 354 g/mol. The van der Waals surface area contributed by atoms with Gasteiger partial charge in [0.25, 0.3) is 0 Å². The molecule has 0 spiro atoms. The van der Waals surface area contributed by atoms with Crippen LogP contribution in [0.5, 0.6) is 5.75 Å². The van der Waals surface area contributed by atoms with Crippen molar-refractivity contribution in [2.24, 2.45) is 0 Å². The molecule has 2 amide bonds. The van der Waals surface area contributed by atoms with Crippen LogP contribution in [0.4, 0.5) is 5.69 Å². The molecule has 1 saturated heterocycles. The molecule has 1 unspecified atom stereocenters. The van der Waals surface area contributed by atoms with Crippen LogP contribution in [-0.2, 0) is 19.4 Å². The Hall–Kier alpha value is -2.09. The van der Waals surface area contributed by atoms with Crippen molar-refractivity contribution in [3.63, 3.8) is 0 Å². The van der Waals surface area contributed by atoms with Crippen LogP contribution in [0.15, 0.2) is 24.3 Å². The Kier molecular flexibility index (Phi) is 5.82. The molecule has 1 aromatic carbocycles. The number of carbonyl (C=O) groups excluding carboxylic acids is 2. The topological polar surface area (TPSA) is 92.8 Å². The van der Waals surface area contributed by atoms with Crippen molar-refractivity contribution in [2.75, 3.05) is 30.1 Å². The molecule has 7 nitrogen and oxygen atoms in total. The first kappa shape index (κ1) is 18.3. The number of benzene rings is 1. The fourth-order valence-electron chi connectivity index (χ4n) is 2.67. The lowest BCUT2D eigenvalue weighted by molar-refractivity contribution is -0.121. The molecule has 1 fully saturated rings. The minimum atomic E-state index is -3.03. The van der Waals surface area contributed by atoms with E-state index in [-0.39, 0.29) is 42.3 Å². The molecule has 1 N–H and O–H groups in total. The molecule has 0 bridgehead atoms. The summed E-state index contributed by atoms with van der Waals surface area (Å²) in [6, 6.07) is 6.71. The summed E-state index contributed by atoms with van der Waals surface area (Å²) < 4.78 is 28.0. The highest BCUT2D eigenvalue weighted by molar-refractivity contribution is 7.91. The minimum absolute atomic E-state index is 0.00888. The van der Waals surface area contributed by atoms with Crippen molar-refractivity contribution in [1.82, 2.24) is 5.32 Å². The Bertz CT molecular complexity index is 717. The van der Waals surface area contributed by atoms with Gasteiger partial charge in [0, 0.05) is 37.7 Å². The first-order valence-electron chi connectivity index (χ1n) is 7.72. The highest BCUT2D eigenvalue weighted by Gasteiger charge is 2.28. The van der Waals surface area contributed by atoms with Crippen LogP contribution in [0.3, 0.4) is 0 Å². The highest BCUT2D eigenvalue weighted by Crippen LogP contribution is 2.21. The molecule has 2 rings (SSSR count). The smallest absolute Gasteiger partial charge is 0.223 e. The third-order valence-electron chi connectivity index (χ3n) is 3.91. The maximum Gasteiger partial charge on any atom is 0.223 e. The first-order chi connectivity index (χ1) is 11.3. The number of hydrogen-bond acceptors (Lipinski definition) is 5. The molecule has 1 heterocycles. The summed E-state index contributed by atoms with van der Waals surface area (Å²) in [5.74, 6) is 0.289. The Morgan fingerprint density at radius 1 is 1.38 bits per heavy atom. The summed E-state index contributed by atoms with van der Waals surface area (Å²) in [5.41, 5.74) is 0.651. The summed E-state index contributed by atoms with van der Waals surface area (Å²) in [4.78, 5) is 25.4. The van der Waals surface area contributed by atoms with Crippen LogP contribution in [0, 0.1) is 0 Å². The molecule has 0 aliphatic carbocycles. The Labute approximate surface area is 141 Å². The fraction of sp³-hybridized carbons (Fsp3) is 0.500. The molecule has 1 aromatic rings. The summed E-state index contributed by atoms with van der Waals surface area (Å²) in [7, 11) is -1.49. The maximum atomic E-state index is 12.0. The van der Waals surface area contributed by atoms with E-state index in [2.05, 4.69) is 5.32 Å². The number of nitrogens with one attached hydrogen (secondary N) is 1. The SMILES string of the molecule is COc1cccc(N(CCC(=O)NC2CCS(=O)(=O)C2)C(C)=O)c1. The number of nitrogens with zero attached hydrogens (tertiary/aromatic N) is 1. The zero-order valence-corrected chi connectivity index (χ0v) is 14.6. The monoisotopic (exact) mass is 354 g/mol. The van der Waals surface area contributed by atoms with Gasteiger partial charge >= 0.3 is 0 Å². The van der Waals surface area contributed by atoms with Gasteiger partial charge < -0.3 is 15.0 Å². The van der Waals surface area contributed by atoms with Gasteiger partial charge in [-0.05, 0) is 18.6 Å². The van der Waals surface area contributed by atoms with E-state index in [1.165, 1.54) is 11.8 Å². The van der Waals surface area contributed by atoms with E-state index in [4.69, 9.17) is 4.74 Å². The van der Waals surface area contributed by atoms with Crippen molar-refractivity contribution in [1.29, 1.82) is 0 Å². The summed E-state index contributed by atoms with van der Waals surface area (Å²) in [6.45, 7) is 1.65. The number of methoxy groups -OCH3 is 1. The van der Waals surface area contributed by atoms with E-state index >= 15 is 0 Å². The number of hydrogen-bond donors (Lipinski definition) is 1. The average Bonchev–Trinajstić information content (AvgIpc) is 2.86. The van der Waals surface area contributed by atoms with E-state index in [0.29, 0.717) is 17.9 Å². The number of amides is 2. The van der Waals surface area contributed by atoms with Crippen molar-refractivity contribution < 1.29 is 22.7 Å². The van der Waals surface area contributed by atoms with E-state index in [9.17, 15) is 18.0 Å². The Morgan fingerprint density at radius 3 is 2.71 bits per heavy atom. The van der Waals surface area contributed by atoms with E-state index in [1.807, 2.05) is 0 Å². The summed E-state index contributed by atoms with van der Waals surface area (Å²) in [6.07, 6.45) is 0.549. The molecule has 0 saturated carbocycles. The maximum absolute atomic E-state index is 12.0. The second-order valence-electron chi connectivity index (χ2n) is 5.79. The number of carbonyl (C=O) groups is 2. The van der Waals surface area contributed by atoms with Crippen LogP contribution < -0.4 is 15.0 Å². The lowest BCUT2D eigenvalue weighted by Gasteiger charge is -2.22. The van der Waals surface area contributed by atoms with Crippen LogP contribution in [0.25, 0.3) is 0 Å². The molecule has 24 heavy (non-hydrogen) atoms. The van der Waals surface area contributed by atoms with Crippen LogP contribution >= 0.6 is 0 Å². The largest absolute Gasteiger partial charge is 0.497 e. The van der Waals surface area contributed by atoms with Gasteiger partial charge in [-0.15, -0.1) is 0 Å². The van der Waals surface area contributed by atoms with E-state index in [0.717, 1.165) is 0 Å². The van der Waals surface area contributed by atoms with Crippen LogP contribution in [-0.4, -0.2) is 51.4 Å². The molecule has 1 atom stereocenters. The number of rotatable bonds is 6. The van der Waals surface area contributed by atoms with Gasteiger partial charge in [0.1, 0.15) is 5.75 Å².